The zero-order valence-corrected chi connectivity index (χ0v) is 17.2. The number of anilines is 1. The Labute approximate surface area is 169 Å². The number of nitrogens with one attached hydrogen (secondary N) is 1. The molecule has 3 aromatic rings. The van der Waals surface area contributed by atoms with Crippen molar-refractivity contribution >= 4 is 50.9 Å². The minimum Gasteiger partial charge on any atom is -0.307 e. The molecule has 0 unspecified atom stereocenters. The fourth-order valence-electron chi connectivity index (χ4n) is 2.53. The maximum atomic E-state index is 12.3. The van der Waals surface area contributed by atoms with Crippen molar-refractivity contribution in [2.24, 2.45) is 0 Å². The predicted molar refractivity (Wildman–Crippen MR) is 106 cm³/mol. The highest BCUT2D eigenvalue weighted by atomic mass is 79.9. The van der Waals surface area contributed by atoms with Gasteiger partial charge in [0.25, 0.3) is 0 Å². The van der Waals surface area contributed by atoms with Crippen molar-refractivity contribution in [3.63, 3.8) is 0 Å². The van der Waals surface area contributed by atoms with Gasteiger partial charge in [0, 0.05) is 21.9 Å². The fraction of sp³-hybridized carbons (Fsp3) is 0.235. The maximum Gasteiger partial charge on any atom is 0.247 e. The summed E-state index contributed by atoms with van der Waals surface area (Å²) < 4.78 is 4.03. The van der Waals surface area contributed by atoms with Crippen molar-refractivity contribution in [2.75, 3.05) is 5.32 Å². The number of hydrogen-bond acceptors (Lipinski definition) is 3. The number of halogens is 3. The molecule has 1 N–H and O–H groups in total. The number of aromatic nitrogens is 4. The van der Waals surface area contributed by atoms with Crippen LogP contribution in [0.15, 0.2) is 34.9 Å². The molecule has 3 rings (SSSR count). The molecule has 0 radical (unpaired) electrons. The summed E-state index contributed by atoms with van der Waals surface area (Å²) in [7, 11) is 0. The second kappa shape index (κ2) is 7.82. The number of rotatable bonds is 5. The molecule has 1 amide bonds. The van der Waals surface area contributed by atoms with E-state index in [1.54, 1.807) is 27.7 Å². The first kappa shape index (κ1) is 18.9. The standard InChI is InChI=1S/C17H16BrCl2N5O/c1-10-5-11(2)25(22-10)9-16(26)21-17-14(18)8-24(23-17)7-12-3-4-13(19)6-15(12)20/h3-6,8H,7,9H2,1-2H3,(H,21,23,26). The number of aryl methyl sites for hydroxylation is 2. The van der Waals surface area contributed by atoms with Gasteiger partial charge in [-0.1, -0.05) is 29.3 Å². The Balaban J connectivity index is 1.69. The number of amides is 1. The number of carbonyl (C=O) groups is 1. The zero-order chi connectivity index (χ0) is 18.8. The summed E-state index contributed by atoms with van der Waals surface area (Å²) in [6.45, 7) is 4.39. The molecule has 136 valence electrons. The number of hydrogen-bond donors (Lipinski definition) is 1. The molecule has 0 atom stereocenters. The lowest BCUT2D eigenvalue weighted by atomic mass is 10.2. The van der Waals surface area contributed by atoms with Gasteiger partial charge in [-0.25, -0.2) is 0 Å². The Hall–Kier alpha value is -1.83. The third-order valence-electron chi connectivity index (χ3n) is 3.72. The average molecular weight is 457 g/mol. The summed E-state index contributed by atoms with van der Waals surface area (Å²) in [6.07, 6.45) is 1.78. The van der Waals surface area contributed by atoms with Gasteiger partial charge < -0.3 is 5.32 Å². The molecule has 0 saturated carbocycles. The smallest absolute Gasteiger partial charge is 0.247 e. The quantitative estimate of drug-likeness (QED) is 0.616. The SMILES string of the molecule is Cc1cc(C)n(CC(=O)Nc2nn(Cc3ccc(Cl)cc3Cl)cc2Br)n1. The molecule has 2 aromatic heterocycles. The van der Waals surface area contributed by atoms with Crippen molar-refractivity contribution in [2.45, 2.75) is 26.9 Å². The van der Waals surface area contributed by atoms with Gasteiger partial charge in [-0.2, -0.15) is 10.2 Å². The second-order valence-corrected chi connectivity index (χ2v) is 7.59. The molecule has 0 aliphatic heterocycles. The van der Waals surface area contributed by atoms with E-state index in [0.717, 1.165) is 17.0 Å². The molecule has 0 aliphatic carbocycles. The number of nitrogens with zero attached hydrogens (tertiary/aromatic N) is 4. The van der Waals surface area contributed by atoms with E-state index in [0.29, 0.717) is 26.9 Å². The molecule has 0 saturated heterocycles. The largest absolute Gasteiger partial charge is 0.307 e. The molecule has 2 heterocycles. The minimum absolute atomic E-state index is 0.127. The summed E-state index contributed by atoms with van der Waals surface area (Å²) in [5, 5.41) is 12.6. The van der Waals surface area contributed by atoms with Crippen LogP contribution in [0.5, 0.6) is 0 Å². The first-order valence-electron chi connectivity index (χ1n) is 7.79. The topological polar surface area (TPSA) is 64.7 Å². The third-order valence-corrected chi connectivity index (χ3v) is 4.89. The molecule has 0 bridgehead atoms. The van der Waals surface area contributed by atoms with Crippen LogP contribution in [0.4, 0.5) is 5.82 Å². The molecule has 0 fully saturated rings. The van der Waals surface area contributed by atoms with Gasteiger partial charge in [-0.15, -0.1) is 0 Å². The van der Waals surface area contributed by atoms with Gasteiger partial charge in [0.05, 0.1) is 16.7 Å². The van der Waals surface area contributed by atoms with E-state index in [1.807, 2.05) is 26.0 Å². The van der Waals surface area contributed by atoms with Crippen molar-refractivity contribution < 1.29 is 4.79 Å². The lowest BCUT2D eigenvalue weighted by Crippen LogP contribution is -2.21. The molecular weight excluding hydrogens is 441 g/mol. The van der Waals surface area contributed by atoms with Crippen molar-refractivity contribution in [3.8, 4) is 0 Å². The van der Waals surface area contributed by atoms with Crippen LogP contribution in [-0.2, 0) is 17.9 Å². The van der Waals surface area contributed by atoms with E-state index in [1.165, 1.54) is 0 Å². The van der Waals surface area contributed by atoms with Gasteiger partial charge >= 0.3 is 0 Å². The molecule has 1 aromatic carbocycles. The summed E-state index contributed by atoms with van der Waals surface area (Å²) in [5.41, 5.74) is 2.69. The van der Waals surface area contributed by atoms with Crippen LogP contribution in [0.3, 0.4) is 0 Å². The Morgan fingerprint density at radius 2 is 2.00 bits per heavy atom. The zero-order valence-electron chi connectivity index (χ0n) is 14.1. The van der Waals surface area contributed by atoms with E-state index in [9.17, 15) is 4.79 Å². The van der Waals surface area contributed by atoms with E-state index >= 15 is 0 Å². The first-order valence-corrected chi connectivity index (χ1v) is 9.34. The summed E-state index contributed by atoms with van der Waals surface area (Å²) in [4.78, 5) is 12.3. The Morgan fingerprint density at radius 1 is 1.23 bits per heavy atom. The van der Waals surface area contributed by atoms with Gasteiger partial charge in [-0.05, 0) is 53.5 Å². The Morgan fingerprint density at radius 3 is 2.65 bits per heavy atom. The monoisotopic (exact) mass is 455 g/mol. The van der Waals surface area contributed by atoms with Gasteiger partial charge in [0.2, 0.25) is 5.91 Å². The summed E-state index contributed by atoms with van der Waals surface area (Å²) in [6, 6.07) is 7.24. The Kier molecular flexibility index (Phi) is 5.70. The van der Waals surface area contributed by atoms with Crippen LogP contribution in [0.1, 0.15) is 17.0 Å². The summed E-state index contributed by atoms with van der Waals surface area (Å²) >= 11 is 15.5. The predicted octanol–water partition coefficient (Wildman–Crippen LogP) is 4.45. The average Bonchev–Trinajstić information content (AvgIpc) is 3.04. The molecular formula is C17H16BrCl2N5O. The molecule has 26 heavy (non-hydrogen) atoms. The lowest BCUT2D eigenvalue weighted by molar-refractivity contribution is -0.117. The van der Waals surface area contributed by atoms with Crippen molar-refractivity contribution in [1.29, 1.82) is 0 Å². The van der Waals surface area contributed by atoms with Crippen LogP contribution in [0, 0.1) is 13.8 Å². The van der Waals surface area contributed by atoms with Crippen LogP contribution >= 0.6 is 39.1 Å². The second-order valence-electron chi connectivity index (χ2n) is 5.89. The van der Waals surface area contributed by atoms with E-state index in [2.05, 4.69) is 31.4 Å². The molecule has 6 nitrogen and oxygen atoms in total. The van der Waals surface area contributed by atoms with Gasteiger partial charge in [0.1, 0.15) is 6.54 Å². The third kappa shape index (κ3) is 4.47. The van der Waals surface area contributed by atoms with Crippen LogP contribution in [0.25, 0.3) is 0 Å². The van der Waals surface area contributed by atoms with Crippen LogP contribution in [-0.4, -0.2) is 25.5 Å². The maximum absolute atomic E-state index is 12.3. The highest BCUT2D eigenvalue weighted by Gasteiger charge is 2.13. The first-order chi connectivity index (χ1) is 12.3. The highest BCUT2D eigenvalue weighted by molar-refractivity contribution is 9.10. The van der Waals surface area contributed by atoms with E-state index < -0.39 is 0 Å². The lowest BCUT2D eigenvalue weighted by Gasteiger charge is -2.06. The molecule has 0 aliphatic rings. The molecule has 9 heteroatoms. The van der Waals surface area contributed by atoms with Crippen LogP contribution < -0.4 is 5.32 Å². The van der Waals surface area contributed by atoms with Gasteiger partial charge in [-0.3, -0.25) is 14.2 Å². The Bertz CT molecular complexity index is 966. The number of carbonyl (C=O) groups excluding carboxylic acids is 1. The number of benzene rings is 1. The normalized spacial score (nSPS) is 11.0. The van der Waals surface area contributed by atoms with Crippen molar-refractivity contribution in [3.05, 3.63) is 61.9 Å². The van der Waals surface area contributed by atoms with E-state index in [-0.39, 0.29) is 12.5 Å². The summed E-state index contributed by atoms with van der Waals surface area (Å²) in [5.74, 6) is 0.244. The van der Waals surface area contributed by atoms with Gasteiger partial charge in [0.15, 0.2) is 5.82 Å². The molecule has 0 spiro atoms. The van der Waals surface area contributed by atoms with E-state index in [4.69, 9.17) is 23.2 Å². The minimum atomic E-state index is -0.202. The fourth-order valence-corrected chi connectivity index (χ4v) is 3.41. The van der Waals surface area contributed by atoms with Crippen LogP contribution in [0.2, 0.25) is 10.0 Å². The van der Waals surface area contributed by atoms with Crippen molar-refractivity contribution in [1.82, 2.24) is 19.6 Å². The highest BCUT2D eigenvalue weighted by Crippen LogP contribution is 2.24.